The maximum Gasteiger partial charge on any atom is 0.190 e. The molecular formula is C25H42O12. The molecule has 0 saturated carbocycles. The molecule has 0 aromatic heterocycles. The summed E-state index contributed by atoms with van der Waals surface area (Å²) in [4.78, 5) is 0. The van der Waals surface area contributed by atoms with Gasteiger partial charge in [-0.15, -0.1) is 0 Å². The molecule has 0 aromatic carbocycles. The van der Waals surface area contributed by atoms with Gasteiger partial charge in [0.15, 0.2) is 35.7 Å². The van der Waals surface area contributed by atoms with E-state index < -0.39 is 84.6 Å². The second-order valence-corrected chi connectivity index (χ2v) is 12.1. The van der Waals surface area contributed by atoms with Crippen LogP contribution in [0.3, 0.4) is 0 Å². The lowest BCUT2D eigenvalue weighted by atomic mass is 9.98. The molecule has 12 heteroatoms. The van der Waals surface area contributed by atoms with Gasteiger partial charge in [0.1, 0.15) is 48.8 Å². The molecule has 0 bridgehead atoms. The minimum absolute atomic E-state index is 0.0497. The highest BCUT2D eigenvalue weighted by Crippen LogP contribution is 2.44. The van der Waals surface area contributed by atoms with Gasteiger partial charge in [0.25, 0.3) is 0 Å². The van der Waals surface area contributed by atoms with E-state index in [9.17, 15) is 5.11 Å². The smallest absolute Gasteiger partial charge is 0.190 e. The molecule has 12 nitrogen and oxygen atoms in total. The lowest BCUT2D eigenvalue weighted by Gasteiger charge is -2.42. The Hall–Kier alpha value is -0.480. The minimum Gasteiger partial charge on any atom is -0.385 e. The molecular weight excluding hydrogens is 492 g/mol. The van der Waals surface area contributed by atoms with Gasteiger partial charge in [-0.2, -0.15) is 0 Å². The van der Waals surface area contributed by atoms with Crippen molar-refractivity contribution in [3.05, 3.63) is 0 Å². The van der Waals surface area contributed by atoms with Crippen LogP contribution in [0.5, 0.6) is 0 Å². The van der Waals surface area contributed by atoms with Crippen molar-refractivity contribution >= 4 is 0 Å². The number of ether oxygens (including phenoxy) is 11. The van der Waals surface area contributed by atoms with Gasteiger partial charge in [-0.3, -0.25) is 0 Å². The van der Waals surface area contributed by atoms with E-state index in [1.54, 1.807) is 34.8 Å². The Kier molecular flexibility index (Phi) is 7.26. The summed E-state index contributed by atoms with van der Waals surface area (Å²) >= 11 is 0. The molecule has 5 fully saturated rings. The zero-order valence-corrected chi connectivity index (χ0v) is 23.1. The van der Waals surface area contributed by atoms with Crippen molar-refractivity contribution < 1.29 is 57.2 Å². The predicted molar refractivity (Wildman–Crippen MR) is 124 cm³/mol. The second-order valence-electron chi connectivity index (χ2n) is 12.1. The standard InChI is InChI=1S/C25H42O12/c1-22(2,27-9)29-11-13-15-17(34-23(3,4)32-15)14(26)20(30-13)28-10-12-16-18(35-24(5,6)33-16)19-21(31-12)37-25(7,8)36-19/h12-21,26H,10-11H2,1-9H3/t12-,13-,14-,15+,16+,17-,18+,19-,20-,21-/m1/s1. The summed E-state index contributed by atoms with van der Waals surface area (Å²) in [5.74, 6) is -3.37. The normalized spacial score (nSPS) is 45.9. The van der Waals surface area contributed by atoms with Crippen molar-refractivity contribution in [1.82, 2.24) is 0 Å². The lowest BCUT2D eigenvalue weighted by Crippen LogP contribution is -2.60. The summed E-state index contributed by atoms with van der Waals surface area (Å²) in [5.41, 5.74) is 0. The highest BCUT2D eigenvalue weighted by atomic mass is 16.9. The molecule has 0 amide bonds. The van der Waals surface area contributed by atoms with E-state index in [4.69, 9.17) is 52.1 Å². The van der Waals surface area contributed by atoms with Gasteiger partial charge in [-0.05, 0) is 55.4 Å². The van der Waals surface area contributed by atoms with Gasteiger partial charge >= 0.3 is 0 Å². The number of rotatable bonds is 7. The van der Waals surface area contributed by atoms with Crippen molar-refractivity contribution in [2.75, 3.05) is 20.3 Å². The molecule has 0 radical (unpaired) electrons. The lowest BCUT2D eigenvalue weighted by molar-refractivity contribution is -0.312. The molecule has 5 rings (SSSR count). The Labute approximate surface area is 218 Å². The van der Waals surface area contributed by atoms with Gasteiger partial charge in [0, 0.05) is 7.11 Å². The summed E-state index contributed by atoms with van der Waals surface area (Å²) < 4.78 is 66.2. The highest BCUT2D eigenvalue weighted by Gasteiger charge is 2.61. The van der Waals surface area contributed by atoms with Crippen LogP contribution in [0.4, 0.5) is 0 Å². The summed E-state index contributed by atoms with van der Waals surface area (Å²) in [5, 5.41) is 11.1. The van der Waals surface area contributed by atoms with Crippen LogP contribution >= 0.6 is 0 Å². The monoisotopic (exact) mass is 534 g/mol. The Balaban J connectivity index is 1.29. The van der Waals surface area contributed by atoms with E-state index in [2.05, 4.69) is 0 Å². The fourth-order valence-electron chi connectivity index (χ4n) is 5.48. The van der Waals surface area contributed by atoms with Crippen molar-refractivity contribution in [2.45, 2.75) is 140 Å². The zero-order chi connectivity index (χ0) is 27.0. The number of aliphatic hydroxyl groups excluding tert-OH is 1. The third-order valence-corrected chi connectivity index (χ3v) is 7.22. The summed E-state index contributed by atoms with van der Waals surface area (Å²) in [6, 6.07) is 0. The third kappa shape index (κ3) is 5.72. The summed E-state index contributed by atoms with van der Waals surface area (Å²) in [6.45, 7) is 14.7. The first-order valence-electron chi connectivity index (χ1n) is 13.0. The van der Waals surface area contributed by atoms with Gasteiger partial charge in [0.05, 0.1) is 13.2 Å². The SMILES string of the molecule is COC(C)(C)OC[C@H]1O[C@@H](OC[C@H]2O[C@@H]3OC(C)(C)O[C@@H]3[C@H]3OC(C)(C)O[C@H]32)[C@H](O)[C@H]2OC(C)(C)O[C@H]21. The zero-order valence-electron chi connectivity index (χ0n) is 23.1. The van der Waals surface area contributed by atoms with E-state index in [0.717, 1.165) is 0 Å². The first-order chi connectivity index (χ1) is 17.1. The van der Waals surface area contributed by atoms with Crippen LogP contribution in [0.2, 0.25) is 0 Å². The molecule has 5 aliphatic rings. The van der Waals surface area contributed by atoms with E-state index >= 15 is 0 Å². The topological polar surface area (TPSA) is 122 Å². The van der Waals surface area contributed by atoms with Crippen molar-refractivity contribution in [1.29, 1.82) is 0 Å². The Morgan fingerprint density at radius 1 is 0.676 bits per heavy atom. The van der Waals surface area contributed by atoms with Gasteiger partial charge in [-0.1, -0.05) is 0 Å². The number of methoxy groups -OCH3 is 1. The van der Waals surface area contributed by atoms with Gasteiger partial charge in [0.2, 0.25) is 0 Å². The molecule has 10 atom stereocenters. The third-order valence-electron chi connectivity index (χ3n) is 7.22. The second kappa shape index (κ2) is 9.57. The highest BCUT2D eigenvalue weighted by molar-refractivity contribution is 5.01. The maximum absolute atomic E-state index is 11.1. The van der Waals surface area contributed by atoms with E-state index in [1.165, 1.54) is 0 Å². The first-order valence-corrected chi connectivity index (χ1v) is 13.0. The van der Waals surface area contributed by atoms with Crippen LogP contribution in [0, 0.1) is 0 Å². The Morgan fingerprint density at radius 3 is 1.84 bits per heavy atom. The molecule has 37 heavy (non-hydrogen) atoms. The van der Waals surface area contributed by atoms with E-state index in [1.807, 2.05) is 27.7 Å². The van der Waals surface area contributed by atoms with Crippen LogP contribution in [0.25, 0.3) is 0 Å². The molecule has 1 N–H and O–H groups in total. The van der Waals surface area contributed by atoms with Crippen LogP contribution < -0.4 is 0 Å². The fraction of sp³-hybridized carbons (Fsp3) is 1.00. The van der Waals surface area contributed by atoms with Crippen LogP contribution in [-0.2, 0) is 52.1 Å². The quantitative estimate of drug-likeness (QED) is 0.475. The average molecular weight is 535 g/mol. The summed E-state index contributed by atoms with van der Waals surface area (Å²) in [6.07, 6.45) is -6.43. The van der Waals surface area contributed by atoms with Crippen LogP contribution in [-0.4, -0.2) is 110 Å². The Bertz CT molecular complexity index is 830. The number of fused-ring (bicyclic) bond motifs is 4. The van der Waals surface area contributed by atoms with E-state index in [-0.39, 0.29) is 13.2 Å². The predicted octanol–water partition coefficient (Wildman–Crippen LogP) is 1.40. The van der Waals surface area contributed by atoms with Crippen molar-refractivity contribution in [3.8, 4) is 0 Å². The molecule has 0 aliphatic carbocycles. The molecule has 5 saturated heterocycles. The molecule has 0 unspecified atom stereocenters. The fourth-order valence-corrected chi connectivity index (χ4v) is 5.48. The minimum atomic E-state index is -1.10. The molecule has 5 aliphatic heterocycles. The van der Waals surface area contributed by atoms with E-state index in [0.29, 0.717) is 0 Å². The van der Waals surface area contributed by atoms with Crippen molar-refractivity contribution in [3.63, 3.8) is 0 Å². The molecule has 214 valence electrons. The molecule has 0 aromatic rings. The average Bonchev–Trinajstić information content (AvgIpc) is 3.40. The maximum atomic E-state index is 11.1. The van der Waals surface area contributed by atoms with Crippen LogP contribution in [0.15, 0.2) is 0 Å². The Morgan fingerprint density at radius 2 is 1.19 bits per heavy atom. The van der Waals surface area contributed by atoms with Gasteiger partial charge in [-0.25, -0.2) is 0 Å². The largest absolute Gasteiger partial charge is 0.385 e. The van der Waals surface area contributed by atoms with Crippen molar-refractivity contribution in [2.24, 2.45) is 0 Å². The molecule has 0 spiro atoms. The molecule has 5 heterocycles. The summed E-state index contributed by atoms with van der Waals surface area (Å²) in [7, 11) is 1.57. The van der Waals surface area contributed by atoms with Crippen LogP contribution in [0.1, 0.15) is 55.4 Å². The first kappa shape index (κ1) is 28.1. The number of hydrogen-bond acceptors (Lipinski definition) is 12. The van der Waals surface area contributed by atoms with Gasteiger partial charge < -0.3 is 57.2 Å². The number of aliphatic hydroxyl groups is 1. The number of hydrogen-bond donors (Lipinski definition) is 1.